The molecule has 1 N–H and O–H groups in total. The van der Waals surface area contributed by atoms with Crippen molar-refractivity contribution < 1.29 is 5.11 Å². The average molecular weight is 289 g/mol. The van der Waals surface area contributed by atoms with Gasteiger partial charge in [0.1, 0.15) is 0 Å². The Bertz CT molecular complexity index is 599. The van der Waals surface area contributed by atoms with E-state index in [0.29, 0.717) is 5.92 Å². The topological polar surface area (TPSA) is 20.2 Å². The van der Waals surface area contributed by atoms with Crippen LogP contribution in [0.1, 0.15) is 37.8 Å². The number of hydrogen-bond acceptors (Lipinski definition) is 1. The van der Waals surface area contributed by atoms with E-state index in [1.165, 1.54) is 16.7 Å². The summed E-state index contributed by atoms with van der Waals surface area (Å²) in [6.45, 7) is 6.33. The average Bonchev–Trinajstić information content (AvgIpc) is 2.34. The van der Waals surface area contributed by atoms with Crippen LogP contribution in [0.5, 0.6) is 0 Å². The van der Waals surface area contributed by atoms with E-state index < -0.39 is 0 Å². The first kappa shape index (κ1) is 13.9. The summed E-state index contributed by atoms with van der Waals surface area (Å²) in [4.78, 5) is 0. The zero-order valence-corrected chi connectivity index (χ0v) is 13.0. The number of aliphatic hydroxyl groups excluding tert-OH is 1. The molecule has 20 heavy (non-hydrogen) atoms. The van der Waals surface area contributed by atoms with E-state index in [2.05, 4.69) is 44.2 Å². The molecular weight excluding hydrogens is 268 g/mol. The quantitative estimate of drug-likeness (QED) is 0.807. The minimum Gasteiger partial charge on any atom is -0.393 e. The van der Waals surface area contributed by atoms with Crippen molar-refractivity contribution in [3.63, 3.8) is 0 Å². The third-order valence-electron chi connectivity index (χ3n) is 4.83. The van der Waals surface area contributed by atoms with Crippen LogP contribution in [0.15, 0.2) is 42.0 Å². The van der Waals surface area contributed by atoms with Crippen molar-refractivity contribution in [2.24, 2.45) is 11.3 Å². The Morgan fingerprint density at radius 1 is 1.40 bits per heavy atom. The maximum atomic E-state index is 10.3. The van der Waals surface area contributed by atoms with Crippen molar-refractivity contribution >= 4 is 11.6 Å². The molecule has 1 aromatic rings. The molecule has 0 amide bonds. The van der Waals surface area contributed by atoms with E-state index >= 15 is 0 Å². The molecular formula is C18H21ClO. The Morgan fingerprint density at radius 2 is 2.15 bits per heavy atom. The third-order valence-corrected chi connectivity index (χ3v) is 5.06. The van der Waals surface area contributed by atoms with Crippen molar-refractivity contribution in [1.29, 1.82) is 0 Å². The molecule has 0 bridgehead atoms. The van der Waals surface area contributed by atoms with Crippen LogP contribution in [0.25, 0.3) is 0 Å². The number of fused-ring (bicyclic) bond motifs is 2. The van der Waals surface area contributed by atoms with Gasteiger partial charge in [-0.25, -0.2) is 0 Å². The molecule has 0 aliphatic heterocycles. The summed E-state index contributed by atoms with van der Waals surface area (Å²) < 4.78 is 0. The van der Waals surface area contributed by atoms with Gasteiger partial charge in [-0.15, -0.1) is 0 Å². The summed E-state index contributed by atoms with van der Waals surface area (Å²) in [6.07, 6.45) is 7.44. The van der Waals surface area contributed by atoms with Crippen molar-refractivity contribution in [2.75, 3.05) is 0 Å². The number of allylic oxidation sites excluding steroid dienone is 4. The third kappa shape index (κ3) is 2.13. The first-order valence-corrected chi connectivity index (χ1v) is 7.62. The smallest absolute Gasteiger partial charge is 0.0586 e. The number of aliphatic hydroxyl groups is 1. The predicted molar refractivity (Wildman–Crippen MR) is 84.1 cm³/mol. The first-order chi connectivity index (χ1) is 9.40. The van der Waals surface area contributed by atoms with E-state index in [-0.39, 0.29) is 17.4 Å². The van der Waals surface area contributed by atoms with Crippen molar-refractivity contribution in [2.45, 2.75) is 39.2 Å². The Labute approximate surface area is 126 Å². The molecule has 1 aromatic carbocycles. The molecule has 2 aliphatic rings. The van der Waals surface area contributed by atoms with Crippen LogP contribution >= 0.6 is 11.6 Å². The SMILES string of the molecule is CC1=CC2(C)Cc3cc(Cl)ccc3C(C(C)O)C2C=C1. The van der Waals surface area contributed by atoms with Crippen molar-refractivity contribution in [1.82, 2.24) is 0 Å². The molecule has 4 unspecified atom stereocenters. The monoisotopic (exact) mass is 288 g/mol. The number of benzene rings is 1. The van der Waals surface area contributed by atoms with E-state index in [0.717, 1.165) is 11.4 Å². The van der Waals surface area contributed by atoms with Crippen LogP contribution in [0.3, 0.4) is 0 Å². The molecule has 0 saturated heterocycles. The lowest BCUT2D eigenvalue weighted by Gasteiger charge is -2.47. The zero-order chi connectivity index (χ0) is 14.5. The van der Waals surface area contributed by atoms with Gasteiger partial charge in [0.2, 0.25) is 0 Å². The minimum absolute atomic E-state index is 0.0676. The van der Waals surface area contributed by atoms with Crippen LogP contribution in [-0.4, -0.2) is 11.2 Å². The van der Waals surface area contributed by atoms with Gasteiger partial charge in [-0.2, -0.15) is 0 Å². The highest BCUT2D eigenvalue weighted by molar-refractivity contribution is 6.30. The summed E-state index contributed by atoms with van der Waals surface area (Å²) >= 11 is 6.16. The van der Waals surface area contributed by atoms with E-state index in [4.69, 9.17) is 11.6 Å². The summed E-state index contributed by atoms with van der Waals surface area (Å²) in [7, 11) is 0. The lowest BCUT2D eigenvalue weighted by Crippen LogP contribution is -2.41. The molecule has 106 valence electrons. The van der Waals surface area contributed by atoms with Crippen molar-refractivity contribution in [3.8, 4) is 0 Å². The van der Waals surface area contributed by atoms with Gasteiger partial charge in [-0.1, -0.05) is 48.4 Å². The van der Waals surface area contributed by atoms with E-state index in [1.807, 2.05) is 13.0 Å². The summed E-state index contributed by atoms with van der Waals surface area (Å²) in [5.74, 6) is 0.487. The van der Waals surface area contributed by atoms with Gasteiger partial charge in [-0.3, -0.25) is 0 Å². The highest BCUT2D eigenvalue weighted by Gasteiger charge is 2.44. The Hall–Kier alpha value is -1.05. The van der Waals surface area contributed by atoms with Gasteiger partial charge in [0.05, 0.1) is 6.10 Å². The highest BCUT2D eigenvalue weighted by atomic mass is 35.5. The standard InChI is InChI=1S/C18H21ClO/c1-11-4-7-16-17(12(2)20)15-6-5-14(19)8-13(15)10-18(16,3)9-11/h4-9,12,16-17,20H,10H2,1-3H3. The molecule has 4 atom stereocenters. The zero-order valence-electron chi connectivity index (χ0n) is 12.2. The second-order valence-corrected chi connectivity index (χ2v) is 7.00. The fourth-order valence-corrected chi connectivity index (χ4v) is 4.25. The molecule has 2 aliphatic carbocycles. The van der Waals surface area contributed by atoms with Crippen LogP contribution in [0.4, 0.5) is 0 Å². The number of rotatable bonds is 1. The second kappa shape index (κ2) is 4.75. The molecule has 2 heteroatoms. The van der Waals surface area contributed by atoms with Crippen LogP contribution in [-0.2, 0) is 6.42 Å². The molecule has 0 radical (unpaired) electrons. The van der Waals surface area contributed by atoms with E-state index in [1.54, 1.807) is 0 Å². The second-order valence-electron chi connectivity index (χ2n) is 6.57. The molecule has 0 saturated carbocycles. The minimum atomic E-state index is -0.365. The summed E-state index contributed by atoms with van der Waals surface area (Å²) in [6, 6.07) is 6.09. The van der Waals surface area contributed by atoms with Gasteiger partial charge >= 0.3 is 0 Å². The van der Waals surface area contributed by atoms with Crippen LogP contribution < -0.4 is 0 Å². The fraction of sp³-hybridized carbons (Fsp3) is 0.444. The lowest BCUT2D eigenvalue weighted by molar-refractivity contribution is 0.0987. The summed E-state index contributed by atoms with van der Waals surface area (Å²) in [5, 5.41) is 11.1. The van der Waals surface area contributed by atoms with Gasteiger partial charge < -0.3 is 5.11 Å². The molecule has 1 nitrogen and oxygen atoms in total. The first-order valence-electron chi connectivity index (χ1n) is 7.25. The van der Waals surface area contributed by atoms with Gasteiger partial charge in [0.15, 0.2) is 0 Å². The molecule has 0 heterocycles. The predicted octanol–water partition coefficient (Wildman–Crippen LogP) is 4.50. The normalized spacial score (nSPS) is 33.1. The summed E-state index contributed by atoms with van der Waals surface area (Å²) in [5.41, 5.74) is 3.91. The van der Waals surface area contributed by atoms with Gasteiger partial charge in [0, 0.05) is 10.9 Å². The maximum absolute atomic E-state index is 10.3. The Kier molecular flexibility index (Phi) is 3.30. The highest BCUT2D eigenvalue weighted by Crippen LogP contribution is 2.52. The number of halogens is 1. The molecule has 0 spiro atoms. The molecule has 0 aromatic heterocycles. The molecule has 3 rings (SSSR count). The Balaban J connectivity index is 2.17. The molecule has 0 fully saturated rings. The largest absolute Gasteiger partial charge is 0.393 e. The van der Waals surface area contributed by atoms with Gasteiger partial charge in [0.25, 0.3) is 0 Å². The lowest BCUT2D eigenvalue weighted by atomic mass is 9.57. The van der Waals surface area contributed by atoms with Crippen LogP contribution in [0.2, 0.25) is 5.02 Å². The Morgan fingerprint density at radius 3 is 2.85 bits per heavy atom. The van der Waals surface area contributed by atoms with Crippen LogP contribution in [0, 0.1) is 11.3 Å². The van der Waals surface area contributed by atoms with E-state index in [9.17, 15) is 5.11 Å². The van der Waals surface area contributed by atoms with Gasteiger partial charge in [-0.05, 0) is 54.9 Å². The van der Waals surface area contributed by atoms with Crippen molar-refractivity contribution in [3.05, 3.63) is 58.1 Å². The maximum Gasteiger partial charge on any atom is 0.0586 e. The number of hydrogen-bond donors (Lipinski definition) is 1. The fourth-order valence-electron chi connectivity index (χ4n) is 4.05.